The minimum Gasteiger partial charge on any atom is -0.478 e. The normalized spacial score (nSPS) is 18.3. The molecule has 1 aromatic rings. The number of likely N-dealkylation sites (N-methyl/N-ethyl adjacent to an activating group) is 1. The van der Waals surface area contributed by atoms with Gasteiger partial charge >= 0.3 is 11.9 Å². The summed E-state index contributed by atoms with van der Waals surface area (Å²) in [4.78, 5) is 26.1. The number of hydrogen-bond donors (Lipinski definition) is 1. The lowest BCUT2D eigenvalue weighted by Crippen LogP contribution is -2.38. The maximum Gasteiger partial charge on any atom is 0.340 e. The van der Waals surface area contributed by atoms with Crippen LogP contribution in [0, 0.1) is 0 Å². The van der Waals surface area contributed by atoms with Gasteiger partial charge in [-0.25, -0.2) is 9.59 Å². The van der Waals surface area contributed by atoms with E-state index in [2.05, 4.69) is 0 Å². The van der Waals surface area contributed by atoms with Crippen molar-refractivity contribution in [1.29, 1.82) is 0 Å². The molecule has 1 unspecified atom stereocenters. The van der Waals surface area contributed by atoms with Crippen LogP contribution in [0.3, 0.4) is 0 Å². The van der Waals surface area contributed by atoms with Crippen molar-refractivity contribution in [2.75, 3.05) is 13.7 Å². The second-order valence-corrected chi connectivity index (χ2v) is 5.43. The molecule has 1 heterocycles. The first kappa shape index (κ1) is 16.8. The van der Waals surface area contributed by atoms with Crippen LogP contribution in [0.4, 0.5) is 0 Å². The number of carboxylic acids is 1. The van der Waals surface area contributed by atoms with Crippen molar-refractivity contribution in [3.8, 4) is 0 Å². The molecule has 23 heavy (non-hydrogen) atoms. The number of carboxylic acid groups (broad SMARTS) is 1. The van der Waals surface area contributed by atoms with E-state index in [4.69, 9.17) is 4.74 Å². The molecule has 1 atom stereocenters. The summed E-state index contributed by atoms with van der Waals surface area (Å²) in [6.45, 7) is 5.59. The van der Waals surface area contributed by atoms with Gasteiger partial charge in [-0.05, 0) is 26.3 Å². The Morgan fingerprint density at radius 1 is 1.26 bits per heavy atom. The number of esters is 1. The topological polar surface area (TPSA) is 66.8 Å². The number of allylic oxidation sites excluding steroid dienone is 1. The lowest BCUT2D eigenvalue weighted by molar-refractivity contribution is -0.138. The van der Waals surface area contributed by atoms with Crippen LogP contribution in [0.1, 0.15) is 26.3 Å². The third-order valence-corrected chi connectivity index (χ3v) is 4.18. The van der Waals surface area contributed by atoms with Crippen molar-refractivity contribution in [2.45, 2.75) is 26.8 Å². The molecular formula is C18H21NO4. The number of rotatable bonds is 4. The average Bonchev–Trinajstić information content (AvgIpc) is 2.52. The van der Waals surface area contributed by atoms with Crippen molar-refractivity contribution in [2.24, 2.45) is 0 Å². The van der Waals surface area contributed by atoms with Crippen molar-refractivity contribution < 1.29 is 19.4 Å². The third kappa shape index (κ3) is 2.99. The largest absolute Gasteiger partial charge is 0.478 e. The van der Waals surface area contributed by atoms with Crippen LogP contribution in [0.25, 0.3) is 5.57 Å². The summed E-state index contributed by atoms with van der Waals surface area (Å²) < 4.78 is 5.16. The Morgan fingerprint density at radius 2 is 1.87 bits per heavy atom. The van der Waals surface area contributed by atoms with E-state index in [-0.39, 0.29) is 18.2 Å². The first-order valence-electron chi connectivity index (χ1n) is 7.54. The number of carbonyl (C=O) groups excluding carboxylic acids is 1. The minimum atomic E-state index is -1.03. The van der Waals surface area contributed by atoms with E-state index >= 15 is 0 Å². The zero-order valence-electron chi connectivity index (χ0n) is 13.8. The van der Waals surface area contributed by atoms with Gasteiger partial charge in [-0.2, -0.15) is 0 Å². The van der Waals surface area contributed by atoms with Gasteiger partial charge in [-0.15, -0.1) is 0 Å². The summed E-state index contributed by atoms with van der Waals surface area (Å²) in [7, 11) is 1.78. The summed E-state index contributed by atoms with van der Waals surface area (Å²) >= 11 is 0. The predicted octanol–water partition coefficient (Wildman–Crippen LogP) is 2.70. The predicted molar refractivity (Wildman–Crippen MR) is 87.6 cm³/mol. The molecule has 1 aliphatic heterocycles. The highest BCUT2D eigenvalue weighted by Crippen LogP contribution is 2.38. The van der Waals surface area contributed by atoms with Crippen LogP contribution >= 0.6 is 0 Å². The zero-order valence-corrected chi connectivity index (χ0v) is 13.8. The second-order valence-electron chi connectivity index (χ2n) is 5.43. The number of aliphatic carboxylic acids is 1. The monoisotopic (exact) mass is 315 g/mol. The van der Waals surface area contributed by atoms with Gasteiger partial charge in [0.1, 0.15) is 0 Å². The van der Waals surface area contributed by atoms with Gasteiger partial charge in [0, 0.05) is 18.3 Å². The van der Waals surface area contributed by atoms with Crippen molar-refractivity contribution >= 4 is 17.5 Å². The molecular weight excluding hydrogens is 294 g/mol. The molecule has 0 amide bonds. The van der Waals surface area contributed by atoms with Crippen LogP contribution < -0.4 is 0 Å². The summed E-state index contributed by atoms with van der Waals surface area (Å²) in [5, 5.41) is 9.71. The van der Waals surface area contributed by atoms with Crippen molar-refractivity contribution in [3.63, 3.8) is 0 Å². The second kappa shape index (κ2) is 6.69. The van der Waals surface area contributed by atoms with Crippen LogP contribution in [0.5, 0.6) is 0 Å². The molecule has 0 saturated heterocycles. The Labute approximate surface area is 135 Å². The molecule has 0 aliphatic carbocycles. The fourth-order valence-electron chi connectivity index (χ4n) is 2.83. The average molecular weight is 315 g/mol. The third-order valence-electron chi connectivity index (χ3n) is 4.18. The van der Waals surface area contributed by atoms with Gasteiger partial charge in [-0.1, -0.05) is 30.3 Å². The van der Waals surface area contributed by atoms with Crippen LogP contribution in [0.2, 0.25) is 0 Å². The Bertz CT molecular complexity index is 688. The van der Waals surface area contributed by atoms with Crippen molar-refractivity contribution in [1.82, 2.24) is 4.90 Å². The van der Waals surface area contributed by atoms with Crippen LogP contribution in [-0.4, -0.2) is 41.6 Å². The Hall–Kier alpha value is -2.56. The van der Waals surface area contributed by atoms with Crippen molar-refractivity contribution in [3.05, 3.63) is 52.7 Å². The first-order valence-corrected chi connectivity index (χ1v) is 7.54. The Morgan fingerprint density at radius 3 is 2.39 bits per heavy atom. The number of ether oxygens (including phenoxy) is 1. The van der Waals surface area contributed by atoms with E-state index in [1.165, 1.54) is 0 Å². The molecule has 0 saturated carbocycles. The standard InChI is InChI=1S/C18H21NO4/c1-5-23-18(22)15-12(3)19(4)11(2)14(17(20)21)16(15)13-9-7-6-8-10-13/h6-11H,5H2,1-4H3,(H,20,21). The van der Waals surface area contributed by atoms with E-state index in [0.29, 0.717) is 22.4 Å². The lowest BCUT2D eigenvalue weighted by atomic mass is 9.85. The summed E-state index contributed by atoms with van der Waals surface area (Å²) in [5.74, 6) is -1.53. The Balaban J connectivity index is 2.77. The van der Waals surface area contributed by atoms with Gasteiger partial charge in [0.05, 0.1) is 23.8 Å². The zero-order chi connectivity index (χ0) is 17.1. The maximum absolute atomic E-state index is 12.5. The lowest BCUT2D eigenvalue weighted by Gasteiger charge is -2.36. The highest BCUT2D eigenvalue weighted by atomic mass is 16.5. The SMILES string of the molecule is CCOC(=O)C1=C(C)N(C)C(C)C(C(=O)O)=C1c1ccccc1. The molecule has 1 aliphatic rings. The molecule has 0 spiro atoms. The molecule has 0 aromatic heterocycles. The molecule has 0 fully saturated rings. The smallest absolute Gasteiger partial charge is 0.340 e. The van der Waals surface area contributed by atoms with Crippen LogP contribution in [-0.2, 0) is 14.3 Å². The Kier molecular flexibility index (Phi) is 4.89. The fourth-order valence-corrected chi connectivity index (χ4v) is 2.83. The molecule has 0 bridgehead atoms. The van der Waals surface area contributed by atoms with E-state index in [0.717, 1.165) is 0 Å². The highest BCUT2D eigenvalue weighted by molar-refractivity contribution is 6.14. The molecule has 2 rings (SSSR count). The maximum atomic E-state index is 12.5. The van der Waals surface area contributed by atoms with Crippen LogP contribution in [0.15, 0.2) is 47.2 Å². The van der Waals surface area contributed by atoms with Gasteiger partial charge in [0.25, 0.3) is 0 Å². The molecule has 5 heteroatoms. The van der Waals surface area contributed by atoms with Gasteiger partial charge in [0.2, 0.25) is 0 Å². The molecule has 122 valence electrons. The van der Waals surface area contributed by atoms with E-state index in [1.54, 1.807) is 18.9 Å². The molecule has 0 radical (unpaired) electrons. The molecule has 1 aromatic carbocycles. The summed E-state index contributed by atoms with van der Waals surface area (Å²) in [6, 6.07) is 8.77. The van der Waals surface area contributed by atoms with Gasteiger partial charge < -0.3 is 14.7 Å². The summed E-state index contributed by atoms with van der Waals surface area (Å²) in [6.07, 6.45) is 0. The van der Waals surface area contributed by atoms with Gasteiger partial charge in [0.15, 0.2) is 0 Å². The number of hydrogen-bond acceptors (Lipinski definition) is 4. The highest BCUT2D eigenvalue weighted by Gasteiger charge is 2.36. The summed E-state index contributed by atoms with van der Waals surface area (Å²) in [5.41, 5.74) is 2.37. The molecule has 1 N–H and O–H groups in total. The molecule has 5 nitrogen and oxygen atoms in total. The van der Waals surface area contributed by atoms with Gasteiger partial charge in [-0.3, -0.25) is 0 Å². The minimum absolute atomic E-state index is 0.201. The number of carbonyl (C=O) groups is 2. The quantitative estimate of drug-likeness (QED) is 0.865. The fraction of sp³-hybridized carbons (Fsp3) is 0.333. The first-order chi connectivity index (χ1) is 10.9. The number of benzene rings is 1. The van der Waals surface area contributed by atoms with E-state index in [9.17, 15) is 14.7 Å². The number of nitrogens with zero attached hydrogens (tertiary/aromatic N) is 1. The van der Waals surface area contributed by atoms with E-state index in [1.807, 2.05) is 44.2 Å². The van der Waals surface area contributed by atoms with E-state index < -0.39 is 11.9 Å².